The zero-order valence-electron chi connectivity index (χ0n) is 11.4. The average Bonchev–Trinajstić information content (AvgIpc) is 2.96. The molecular formula is C14H15BrN4OS. The number of carbonyl (C=O) groups excluding carboxylic acids is 1. The number of thiophene rings is 1. The fraction of sp³-hybridized carbons (Fsp3) is 0.357. The largest absolute Gasteiger partial charge is 0.341 e. The maximum atomic E-state index is 12.0. The zero-order chi connectivity index (χ0) is 14.7. The van der Waals surface area contributed by atoms with Gasteiger partial charge in [0.15, 0.2) is 0 Å². The minimum Gasteiger partial charge on any atom is -0.341 e. The summed E-state index contributed by atoms with van der Waals surface area (Å²) in [5.41, 5.74) is 0.616. The van der Waals surface area contributed by atoms with Gasteiger partial charge in [-0.3, -0.25) is 4.79 Å². The molecular weight excluding hydrogens is 352 g/mol. The molecule has 0 bridgehead atoms. The van der Waals surface area contributed by atoms with Gasteiger partial charge in [0.25, 0.3) is 5.91 Å². The predicted octanol–water partition coefficient (Wildman–Crippen LogP) is 3.54. The van der Waals surface area contributed by atoms with Crippen LogP contribution in [0.3, 0.4) is 0 Å². The average molecular weight is 367 g/mol. The number of anilines is 2. The van der Waals surface area contributed by atoms with Crippen molar-refractivity contribution >= 4 is 44.8 Å². The number of amides is 1. The summed E-state index contributed by atoms with van der Waals surface area (Å²) in [4.78, 5) is 23.6. The minimum atomic E-state index is -0.139. The van der Waals surface area contributed by atoms with Crippen LogP contribution in [0.2, 0.25) is 0 Å². The van der Waals surface area contributed by atoms with Gasteiger partial charge in [0, 0.05) is 22.9 Å². The van der Waals surface area contributed by atoms with Crippen molar-refractivity contribution in [2.75, 3.05) is 23.3 Å². The summed E-state index contributed by atoms with van der Waals surface area (Å²) in [6, 6.07) is 1.79. The number of rotatable bonds is 3. The number of hydrogen-bond donors (Lipinski definition) is 1. The monoisotopic (exact) mass is 366 g/mol. The van der Waals surface area contributed by atoms with Crippen molar-refractivity contribution in [2.45, 2.75) is 19.3 Å². The molecule has 0 atom stereocenters. The van der Waals surface area contributed by atoms with Crippen LogP contribution in [0.1, 0.15) is 28.9 Å². The summed E-state index contributed by atoms with van der Waals surface area (Å²) in [6.45, 7) is 2.02. The molecule has 0 radical (unpaired) electrons. The van der Waals surface area contributed by atoms with Gasteiger partial charge in [-0.15, -0.1) is 11.3 Å². The Balaban J connectivity index is 1.65. The first-order chi connectivity index (χ1) is 10.2. The Kier molecular flexibility index (Phi) is 4.50. The number of hydrogen-bond acceptors (Lipinski definition) is 5. The summed E-state index contributed by atoms with van der Waals surface area (Å²) in [5, 5.41) is 4.69. The molecule has 7 heteroatoms. The number of piperidine rings is 1. The van der Waals surface area contributed by atoms with Crippen LogP contribution in [0.4, 0.5) is 11.6 Å². The molecule has 1 fully saturated rings. The molecule has 0 saturated carbocycles. The maximum absolute atomic E-state index is 12.0. The minimum absolute atomic E-state index is 0.139. The van der Waals surface area contributed by atoms with Crippen LogP contribution in [0.5, 0.6) is 0 Å². The molecule has 3 rings (SSSR count). The van der Waals surface area contributed by atoms with Crippen molar-refractivity contribution in [3.8, 4) is 0 Å². The summed E-state index contributed by atoms with van der Waals surface area (Å²) in [5.74, 6) is 0.603. The fourth-order valence-electron chi connectivity index (χ4n) is 2.27. The van der Waals surface area contributed by atoms with Crippen LogP contribution in [-0.2, 0) is 0 Å². The van der Waals surface area contributed by atoms with Gasteiger partial charge in [0.2, 0.25) is 5.95 Å². The van der Waals surface area contributed by atoms with Crippen molar-refractivity contribution in [1.29, 1.82) is 0 Å². The molecule has 1 amide bonds. The lowest BCUT2D eigenvalue weighted by Gasteiger charge is -2.26. The maximum Gasteiger partial charge on any atom is 0.265 e. The van der Waals surface area contributed by atoms with E-state index in [0.29, 0.717) is 10.6 Å². The van der Waals surface area contributed by atoms with E-state index < -0.39 is 0 Å². The van der Waals surface area contributed by atoms with Crippen molar-refractivity contribution in [1.82, 2.24) is 9.97 Å². The van der Waals surface area contributed by atoms with Crippen LogP contribution in [0.25, 0.3) is 0 Å². The smallest absolute Gasteiger partial charge is 0.265 e. The van der Waals surface area contributed by atoms with Gasteiger partial charge in [-0.25, -0.2) is 9.97 Å². The second kappa shape index (κ2) is 6.53. The highest BCUT2D eigenvalue weighted by Gasteiger charge is 2.14. The van der Waals surface area contributed by atoms with E-state index >= 15 is 0 Å². The Morgan fingerprint density at radius 3 is 2.57 bits per heavy atom. The van der Waals surface area contributed by atoms with Crippen LogP contribution >= 0.6 is 27.3 Å². The van der Waals surface area contributed by atoms with Gasteiger partial charge < -0.3 is 10.2 Å². The van der Waals surface area contributed by atoms with Gasteiger partial charge in [-0.05, 0) is 41.3 Å². The lowest BCUT2D eigenvalue weighted by molar-refractivity contribution is 0.103. The number of nitrogens with one attached hydrogen (secondary N) is 1. The van der Waals surface area contributed by atoms with Crippen molar-refractivity contribution in [3.05, 3.63) is 33.2 Å². The quantitative estimate of drug-likeness (QED) is 0.902. The van der Waals surface area contributed by atoms with Gasteiger partial charge >= 0.3 is 0 Å². The van der Waals surface area contributed by atoms with E-state index in [1.54, 1.807) is 18.5 Å². The van der Waals surface area contributed by atoms with Crippen LogP contribution in [-0.4, -0.2) is 29.0 Å². The van der Waals surface area contributed by atoms with Gasteiger partial charge in [-0.1, -0.05) is 0 Å². The number of halogens is 1. The summed E-state index contributed by atoms with van der Waals surface area (Å²) in [7, 11) is 0. The van der Waals surface area contributed by atoms with E-state index in [0.717, 1.165) is 23.5 Å². The summed E-state index contributed by atoms with van der Waals surface area (Å²) in [6.07, 6.45) is 6.99. The predicted molar refractivity (Wildman–Crippen MR) is 88.1 cm³/mol. The molecule has 3 heterocycles. The molecule has 1 aliphatic heterocycles. The first-order valence-corrected chi connectivity index (χ1v) is 8.52. The molecule has 1 saturated heterocycles. The molecule has 2 aromatic heterocycles. The second-order valence-corrected chi connectivity index (χ2v) is 6.73. The molecule has 5 nitrogen and oxygen atoms in total. The molecule has 1 N–H and O–H groups in total. The van der Waals surface area contributed by atoms with E-state index in [-0.39, 0.29) is 5.91 Å². The Morgan fingerprint density at radius 2 is 1.95 bits per heavy atom. The van der Waals surface area contributed by atoms with Crippen LogP contribution in [0.15, 0.2) is 28.3 Å². The molecule has 1 aliphatic rings. The molecule has 0 aromatic carbocycles. The van der Waals surface area contributed by atoms with Gasteiger partial charge in [-0.2, -0.15) is 0 Å². The highest BCUT2D eigenvalue weighted by molar-refractivity contribution is 9.10. The Bertz CT molecular complexity index is 622. The Hall–Kier alpha value is -1.47. The highest BCUT2D eigenvalue weighted by atomic mass is 79.9. The highest BCUT2D eigenvalue weighted by Crippen LogP contribution is 2.21. The zero-order valence-corrected chi connectivity index (χ0v) is 13.8. The van der Waals surface area contributed by atoms with Crippen LogP contribution < -0.4 is 10.2 Å². The molecule has 0 aliphatic carbocycles. The second-order valence-electron chi connectivity index (χ2n) is 4.90. The van der Waals surface area contributed by atoms with Crippen molar-refractivity contribution in [3.63, 3.8) is 0 Å². The van der Waals surface area contributed by atoms with E-state index in [1.807, 2.05) is 5.38 Å². The lowest BCUT2D eigenvalue weighted by atomic mass is 10.1. The van der Waals surface area contributed by atoms with Crippen molar-refractivity contribution in [2.24, 2.45) is 0 Å². The van der Waals surface area contributed by atoms with Gasteiger partial charge in [0.05, 0.1) is 23.0 Å². The van der Waals surface area contributed by atoms with E-state index in [9.17, 15) is 4.79 Å². The lowest BCUT2D eigenvalue weighted by Crippen LogP contribution is -2.30. The molecule has 2 aromatic rings. The Morgan fingerprint density at radius 1 is 1.24 bits per heavy atom. The van der Waals surface area contributed by atoms with Gasteiger partial charge in [0.1, 0.15) is 0 Å². The molecule has 0 spiro atoms. The number of nitrogens with zero attached hydrogens (tertiary/aromatic N) is 3. The van der Waals surface area contributed by atoms with Crippen molar-refractivity contribution < 1.29 is 4.79 Å². The molecule has 21 heavy (non-hydrogen) atoms. The third-order valence-electron chi connectivity index (χ3n) is 3.33. The topological polar surface area (TPSA) is 58.1 Å². The van der Waals surface area contributed by atoms with E-state index in [1.165, 1.54) is 30.6 Å². The normalized spacial score (nSPS) is 15.0. The summed E-state index contributed by atoms with van der Waals surface area (Å²) < 4.78 is 0.911. The molecule has 110 valence electrons. The summed E-state index contributed by atoms with van der Waals surface area (Å²) >= 11 is 4.73. The van der Waals surface area contributed by atoms with E-state index in [2.05, 4.69) is 36.1 Å². The number of aromatic nitrogens is 2. The fourth-order valence-corrected chi connectivity index (χ4v) is 3.59. The third-order valence-corrected chi connectivity index (χ3v) is 5.02. The molecule has 0 unspecified atom stereocenters. The third kappa shape index (κ3) is 3.59. The van der Waals surface area contributed by atoms with Crippen LogP contribution in [0, 0.1) is 0 Å². The first kappa shape index (κ1) is 14.5. The first-order valence-electron chi connectivity index (χ1n) is 6.85. The standard InChI is InChI=1S/C14H15BrN4OS/c15-10-6-12(21-9-10)13(20)18-11-7-16-14(17-8-11)19-4-2-1-3-5-19/h6-9H,1-5H2,(H,18,20). The SMILES string of the molecule is O=C(Nc1cnc(N2CCCCC2)nc1)c1cc(Br)cs1. The Labute approximate surface area is 135 Å². The van der Waals surface area contributed by atoms with E-state index in [4.69, 9.17) is 0 Å². The number of carbonyl (C=O) groups is 1.